The smallest absolute Gasteiger partial charge is 0.326 e. The normalized spacial score (nSPS) is 14.3. The van der Waals surface area contributed by atoms with Gasteiger partial charge >= 0.3 is 12.1 Å². The van der Waals surface area contributed by atoms with Gasteiger partial charge in [0.25, 0.3) is 0 Å². The number of carbonyl (C=O) groups is 2. The number of imide groups is 1. The summed E-state index contributed by atoms with van der Waals surface area (Å²) in [7, 11) is 1.87. The third kappa shape index (κ3) is 2.57. The molecule has 1 saturated heterocycles. The molecule has 0 spiro atoms. The predicted octanol–water partition coefficient (Wildman–Crippen LogP) is 0.310. The summed E-state index contributed by atoms with van der Waals surface area (Å²) in [5, 5.41) is 8.98. The number of hydrogen-bond acceptors (Lipinski definition) is 5. The Labute approximate surface area is 119 Å². The van der Waals surface area contributed by atoms with Crippen LogP contribution in [0.25, 0.3) is 11.5 Å². The molecule has 0 unspecified atom stereocenters. The van der Waals surface area contributed by atoms with E-state index in [0.717, 1.165) is 10.6 Å². The van der Waals surface area contributed by atoms with E-state index in [2.05, 4.69) is 20.8 Å². The Bertz CT molecular complexity index is 676. The summed E-state index contributed by atoms with van der Waals surface area (Å²) in [6, 6.07) is 2.85. The molecule has 1 aliphatic heterocycles. The quantitative estimate of drug-likeness (QED) is 0.846. The van der Waals surface area contributed by atoms with Gasteiger partial charge in [-0.2, -0.15) is 4.98 Å². The summed E-state index contributed by atoms with van der Waals surface area (Å²) in [5.41, 5.74) is 0.815. The first-order valence-electron chi connectivity index (χ1n) is 6.42. The van der Waals surface area contributed by atoms with Crippen molar-refractivity contribution in [2.75, 3.05) is 13.1 Å². The topological polar surface area (TPSA) is 105 Å². The molecule has 2 aromatic rings. The fraction of sp³-hybridized carbons (Fsp3) is 0.333. The van der Waals surface area contributed by atoms with Crippen molar-refractivity contribution in [3.8, 4) is 11.5 Å². The molecule has 9 nitrogen and oxygen atoms in total. The molecule has 1 aliphatic rings. The number of aromatic nitrogens is 3. The van der Waals surface area contributed by atoms with Gasteiger partial charge < -0.3 is 19.7 Å². The summed E-state index contributed by atoms with van der Waals surface area (Å²) in [4.78, 5) is 28.4. The van der Waals surface area contributed by atoms with Crippen LogP contribution < -0.4 is 10.6 Å². The van der Waals surface area contributed by atoms with Crippen molar-refractivity contribution in [3.05, 3.63) is 24.2 Å². The molecule has 21 heavy (non-hydrogen) atoms. The minimum absolute atomic E-state index is 0.0695. The van der Waals surface area contributed by atoms with E-state index < -0.39 is 12.1 Å². The second kappa shape index (κ2) is 5.27. The summed E-state index contributed by atoms with van der Waals surface area (Å²) in [5.74, 6) is 0.727. The molecule has 3 rings (SSSR count). The molecule has 2 N–H and O–H groups in total. The van der Waals surface area contributed by atoms with Crippen molar-refractivity contribution in [1.82, 2.24) is 30.2 Å². The molecule has 0 bridgehead atoms. The van der Waals surface area contributed by atoms with Gasteiger partial charge in [0.15, 0.2) is 0 Å². The van der Waals surface area contributed by atoms with Crippen molar-refractivity contribution in [2.45, 2.75) is 6.54 Å². The lowest BCUT2D eigenvalue weighted by atomic mass is 10.4. The number of amides is 4. The molecule has 0 aromatic carbocycles. The number of carbonyl (C=O) groups excluding carboxylic acids is 2. The highest BCUT2D eigenvalue weighted by atomic mass is 16.5. The lowest BCUT2D eigenvalue weighted by Crippen LogP contribution is -2.41. The van der Waals surface area contributed by atoms with Crippen LogP contribution in [-0.2, 0) is 13.6 Å². The number of nitrogens with one attached hydrogen (secondary N) is 2. The number of urea groups is 2. The second-order valence-electron chi connectivity index (χ2n) is 4.56. The van der Waals surface area contributed by atoms with Gasteiger partial charge in [-0.25, -0.2) is 14.5 Å². The Morgan fingerprint density at radius 1 is 1.57 bits per heavy atom. The van der Waals surface area contributed by atoms with E-state index in [1.807, 2.05) is 29.9 Å². The Kier molecular flexibility index (Phi) is 3.30. The van der Waals surface area contributed by atoms with E-state index in [0.29, 0.717) is 18.9 Å². The number of hydrogen-bond donors (Lipinski definition) is 2. The van der Waals surface area contributed by atoms with E-state index in [9.17, 15) is 9.59 Å². The molecule has 0 atom stereocenters. The molecule has 110 valence electrons. The SMILES string of the molecule is Cn1cccc1-c1noc(CNC(=O)N2CCNC2=O)n1. The first kappa shape index (κ1) is 13.2. The van der Waals surface area contributed by atoms with Crippen molar-refractivity contribution in [2.24, 2.45) is 7.05 Å². The van der Waals surface area contributed by atoms with Crippen molar-refractivity contribution >= 4 is 12.1 Å². The van der Waals surface area contributed by atoms with Crippen LogP contribution in [-0.4, -0.2) is 44.8 Å². The Balaban J connectivity index is 1.62. The molecule has 9 heteroatoms. The van der Waals surface area contributed by atoms with Gasteiger partial charge in [0.2, 0.25) is 11.7 Å². The van der Waals surface area contributed by atoms with Crippen LogP contribution in [0.1, 0.15) is 5.89 Å². The maximum atomic E-state index is 11.8. The standard InChI is InChI=1S/C12H14N6O3/c1-17-5-2-3-8(17)10-15-9(21-16-10)7-14-12(20)18-6-4-13-11(18)19/h2-3,5H,4,6-7H2,1H3,(H,13,19)(H,14,20). The zero-order chi connectivity index (χ0) is 14.8. The van der Waals surface area contributed by atoms with Crippen LogP contribution in [0.4, 0.5) is 9.59 Å². The lowest BCUT2D eigenvalue weighted by Gasteiger charge is -2.11. The van der Waals surface area contributed by atoms with Crippen LogP contribution in [0.15, 0.2) is 22.9 Å². The molecular formula is C12H14N6O3. The van der Waals surface area contributed by atoms with Crippen molar-refractivity contribution in [3.63, 3.8) is 0 Å². The number of rotatable bonds is 3. The summed E-state index contributed by atoms with van der Waals surface area (Å²) in [6.45, 7) is 0.883. The van der Waals surface area contributed by atoms with E-state index in [1.165, 1.54) is 0 Å². The van der Waals surface area contributed by atoms with Crippen LogP contribution in [0, 0.1) is 0 Å². The minimum Gasteiger partial charge on any atom is -0.348 e. The second-order valence-corrected chi connectivity index (χ2v) is 4.56. The third-order valence-electron chi connectivity index (χ3n) is 3.13. The molecule has 2 aromatic heterocycles. The monoisotopic (exact) mass is 290 g/mol. The van der Waals surface area contributed by atoms with Crippen LogP contribution in [0.3, 0.4) is 0 Å². The zero-order valence-electron chi connectivity index (χ0n) is 11.4. The predicted molar refractivity (Wildman–Crippen MR) is 71.0 cm³/mol. The molecular weight excluding hydrogens is 276 g/mol. The minimum atomic E-state index is -0.483. The maximum absolute atomic E-state index is 11.8. The Morgan fingerprint density at radius 3 is 3.10 bits per heavy atom. The average molecular weight is 290 g/mol. The highest BCUT2D eigenvalue weighted by Crippen LogP contribution is 2.15. The van der Waals surface area contributed by atoms with Crippen LogP contribution >= 0.6 is 0 Å². The number of aryl methyl sites for hydroxylation is 1. The van der Waals surface area contributed by atoms with Gasteiger partial charge in [0, 0.05) is 26.3 Å². The molecule has 0 aliphatic carbocycles. The highest BCUT2D eigenvalue weighted by Gasteiger charge is 2.26. The van der Waals surface area contributed by atoms with Gasteiger partial charge in [0.05, 0.1) is 12.2 Å². The van der Waals surface area contributed by atoms with E-state index in [1.54, 1.807) is 0 Å². The fourth-order valence-corrected chi connectivity index (χ4v) is 2.04. The van der Waals surface area contributed by atoms with E-state index in [-0.39, 0.29) is 12.4 Å². The molecule has 3 heterocycles. The first-order valence-corrected chi connectivity index (χ1v) is 6.42. The van der Waals surface area contributed by atoms with Gasteiger partial charge in [0.1, 0.15) is 0 Å². The highest BCUT2D eigenvalue weighted by molar-refractivity contribution is 5.94. The Morgan fingerprint density at radius 2 is 2.43 bits per heavy atom. The van der Waals surface area contributed by atoms with E-state index >= 15 is 0 Å². The van der Waals surface area contributed by atoms with Crippen molar-refractivity contribution < 1.29 is 14.1 Å². The van der Waals surface area contributed by atoms with Gasteiger partial charge in [-0.1, -0.05) is 5.16 Å². The fourth-order valence-electron chi connectivity index (χ4n) is 2.04. The molecule has 1 fully saturated rings. The summed E-state index contributed by atoms with van der Waals surface area (Å²) >= 11 is 0. The first-order chi connectivity index (χ1) is 10.1. The summed E-state index contributed by atoms with van der Waals surface area (Å²) in [6.07, 6.45) is 1.87. The van der Waals surface area contributed by atoms with Gasteiger partial charge in [-0.15, -0.1) is 0 Å². The number of nitrogens with zero attached hydrogens (tertiary/aromatic N) is 4. The molecule has 4 amide bonds. The average Bonchev–Trinajstić information content (AvgIpc) is 3.16. The zero-order valence-corrected chi connectivity index (χ0v) is 11.4. The Hall–Kier alpha value is -2.84. The third-order valence-corrected chi connectivity index (χ3v) is 3.13. The maximum Gasteiger partial charge on any atom is 0.326 e. The van der Waals surface area contributed by atoms with Crippen molar-refractivity contribution in [1.29, 1.82) is 0 Å². The van der Waals surface area contributed by atoms with Gasteiger partial charge in [-0.05, 0) is 12.1 Å². The molecule has 0 radical (unpaired) electrons. The van der Waals surface area contributed by atoms with Crippen LogP contribution in [0.5, 0.6) is 0 Å². The largest absolute Gasteiger partial charge is 0.348 e. The molecule has 0 saturated carbocycles. The summed E-state index contributed by atoms with van der Waals surface area (Å²) < 4.78 is 6.94. The van der Waals surface area contributed by atoms with Crippen LogP contribution in [0.2, 0.25) is 0 Å². The van der Waals surface area contributed by atoms with E-state index in [4.69, 9.17) is 4.52 Å². The lowest BCUT2D eigenvalue weighted by molar-refractivity contribution is 0.197. The van der Waals surface area contributed by atoms with Gasteiger partial charge in [-0.3, -0.25) is 0 Å².